The van der Waals surface area contributed by atoms with Crippen LogP contribution in [0.2, 0.25) is 0 Å². The zero-order valence-electron chi connectivity index (χ0n) is 10.2. The van der Waals surface area contributed by atoms with Gasteiger partial charge in [0.1, 0.15) is 11.6 Å². The van der Waals surface area contributed by atoms with Gasteiger partial charge in [-0.3, -0.25) is 5.10 Å². The highest BCUT2D eigenvalue weighted by Gasteiger charge is 2.10. The molecule has 2 aromatic rings. The van der Waals surface area contributed by atoms with E-state index in [0.717, 1.165) is 11.4 Å². The molecule has 0 spiro atoms. The van der Waals surface area contributed by atoms with Crippen molar-refractivity contribution in [3.8, 4) is 17.1 Å². The van der Waals surface area contributed by atoms with Crippen molar-refractivity contribution in [2.75, 3.05) is 12.8 Å². The Bertz CT molecular complexity index is 519. The number of benzene rings is 1. The van der Waals surface area contributed by atoms with E-state index in [1.807, 2.05) is 18.2 Å². The number of nitrogens with one attached hydrogen (secondary N) is 1. The van der Waals surface area contributed by atoms with E-state index in [2.05, 4.69) is 29.0 Å². The fraction of sp³-hybridized carbons (Fsp3) is 0.333. The average Bonchev–Trinajstić information content (AvgIpc) is 2.78. The largest absolute Gasteiger partial charge is 0.495 e. The van der Waals surface area contributed by atoms with Crippen LogP contribution in [0.15, 0.2) is 18.2 Å². The van der Waals surface area contributed by atoms with Crippen LogP contribution in [-0.4, -0.2) is 22.3 Å². The number of aromatic amines is 1. The second kappa shape index (κ2) is 4.45. The first-order valence-electron chi connectivity index (χ1n) is 5.48. The molecule has 1 aromatic carbocycles. The number of hydrogen-bond donors (Lipinski definition) is 2. The van der Waals surface area contributed by atoms with Gasteiger partial charge in [0.05, 0.1) is 12.8 Å². The van der Waals surface area contributed by atoms with Crippen LogP contribution in [0.3, 0.4) is 0 Å². The van der Waals surface area contributed by atoms with Gasteiger partial charge in [-0.15, -0.1) is 0 Å². The maximum absolute atomic E-state index is 5.85. The second-order valence-corrected chi connectivity index (χ2v) is 4.16. The van der Waals surface area contributed by atoms with E-state index in [1.165, 1.54) is 0 Å². The van der Waals surface area contributed by atoms with Crippen molar-refractivity contribution in [3.05, 3.63) is 24.0 Å². The molecule has 0 atom stereocenters. The minimum atomic E-state index is 0.326. The van der Waals surface area contributed by atoms with Gasteiger partial charge in [-0.25, -0.2) is 4.98 Å². The second-order valence-electron chi connectivity index (χ2n) is 4.16. The van der Waals surface area contributed by atoms with Gasteiger partial charge in [-0.2, -0.15) is 5.10 Å². The Labute approximate surface area is 100 Å². The normalized spacial score (nSPS) is 10.8. The molecule has 1 aromatic heterocycles. The zero-order valence-corrected chi connectivity index (χ0v) is 10.2. The number of nitrogens with zero attached hydrogens (tertiary/aromatic N) is 2. The molecule has 5 heteroatoms. The van der Waals surface area contributed by atoms with E-state index in [0.29, 0.717) is 23.2 Å². The third kappa shape index (κ3) is 2.22. The third-order valence-electron chi connectivity index (χ3n) is 2.54. The fourth-order valence-electron chi connectivity index (χ4n) is 1.54. The molecule has 0 aliphatic rings. The molecule has 0 aliphatic heterocycles. The van der Waals surface area contributed by atoms with Crippen molar-refractivity contribution in [2.24, 2.45) is 0 Å². The highest BCUT2D eigenvalue weighted by molar-refractivity contribution is 5.66. The fourth-order valence-corrected chi connectivity index (χ4v) is 1.54. The first-order chi connectivity index (χ1) is 8.11. The summed E-state index contributed by atoms with van der Waals surface area (Å²) in [5.74, 6) is 2.51. The summed E-state index contributed by atoms with van der Waals surface area (Å²) in [6.07, 6.45) is 0. The first kappa shape index (κ1) is 11.4. The van der Waals surface area contributed by atoms with Crippen LogP contribution in [-0.2, 0) is 0 Å². The molecule has 0 aliphatic carbocycles. The van der Waals surface area contributed by atoms with Gasteiger partial charge in [-0.1, -0.05) is 13.8 Å². The van der Waals surface area contributed by atoms with Gasteiger partial charge < -0.3 is 10.5 Å². The van der Waals surface area contributed by atoms with Crippen LogP contribution in [0.4, 0.5) is 5.69 Å². The molecular formula is C12H16N4O. The third-order valence-corrected chi connectivity index (χ3v) is 2.54. The molecule has 0 bridgehead atoms. The van der Waals surface area contributed by atoms with Gasteiger partial charge in [0.25, 0.3) is 0 Å². The van der Waals surface area contributed by atoms with Crippen LogP contribution < -0.4 is 10.5 Å². The SMILES string of the molecule is COc1ccc(-c2n[nH]c(C(C)C)n2)cc1N. The lowest BCUT2D eigenvalue weighted by atomic mass is 10.1. The number of ether oxygens (including phenoxy) is 1. The van der Waals surface area contributed by atoms with E-state index in [4.69, 9.17) is 10.5 Å². The quantitative estimate of drug-likeness (QED) is 0.795. The van der Waals surface area contributed by atoms with Crippen molar-refractivity contribution < 1.29 is 4.74 Å². The Morgan fingerprint density at radius 1 is 1.35 bits per heavy atom. The van der Waals surface area contributed by atoms with Crippen molar-refractivity contribution in [2.45, 2.75) is 19.8 Å². The molecule has 3 N–H and O–H groups in total. The summed E-state index contributed by atoms with van der Waals surface area (Å²) in [4.78, 5) is 4.41. The number of methoxy groups -OCH3 is 1. The van der Waals surface area contributed by atoms with Crippen LogP contribution >= 0.6 is 0 Å². The Morgan fingerprint density at radius 2 is 2.12 bits per heavy atom. The standard InChI is InChI=1S/C12H16N4O/c1-7(2)11-14-12(16-15-11)8-4-5-10(17-3)9(13)6-8/h4-7H,13H2,1-3H3,(H,14,15,16). The summed E-state index contributed by atoms with van der Waals surface area (Å²) in [5.41, 5.74) is 7.31. The summed E-state index contributed by atoms with van der Waals surface area (Å²) >= 11 is 0. The van der Waals surface area contributed by atoms with Gasteiger partial charge in [0.15, 0.2) is 5.82 Å². The van der Waals surface area contributed by atoms with Crippen molar-refractivity contribution in [1.29, 1.82) is 0 Å². The van der Waals surface area contributed by atoms with Crippen LogP contribution in [0.5, 0.6) is 5.75 Å². The van der Waals surface area contributed by atoms with E-state index in [-0.39, 0.29) is 0 Å². The molecule has 0 fully saturated rings. The number of rotatable bonds is 3. The summed E-state index contributed by atoms with van der Waals surface area (Å²) in [5, 5.41) is 7.09. The Morgan fingerprint density at radius 3 is 2.65 bits per heavy atom. The van der Waals surface area contributed by atoms with Gasteiger partial charge in [0, 0.05) is 11.5 Å². The molecule has 17 heavy (non-hydrogen) atoms. The molecule has 0 saturated carbocycles. The van der Waals surface area contributed by atoms with Gasteiger partial charge in [-0.05, 0) is 18.2 Å². The van der Waals surface area contributed by atoms with Crippen LogP contribution in [0.1, 0.15) is 25.6 Å². The Hall–Kier alpha value is -2.04. The maximum Gasteiger partial charge on any atom is 0.181 e. The molecule has 0 amide bonds. The van der Waals surface area contributed by atoms with Crippen molar-refractivity contribution >= 4 is 5.69 Å². The molecule has 1 heterocycles. The number of aromatic nitrogens is 3. The minimum absolute atomic E-state index is 0.326. The smallest absolute Gasteiger partial charge is 0.181 e. The van der Waals surface area contributed by atoms with E-state index < -0.39 is 0 Å². The average molecular weight is 232 g/mol. The number of H-pyrrole nitrogens is 1. The molecule has 90 valence electrons. The molecule has 5 nitrogen and oxygen atoms in total. The molecule has 0 unspecified atom stereocenters. The van der Waals surface area contributed by atoms with Gasteiger partial charge >= 0.3 is 0 Å². The summed E-state index contributed by atoms with van der Waals surface area (Å²) in [6.45, 7) is 4.12. The number of anilines is 1. The van der Waals surface area contributed by atoms with Crippen molar-refractivity contribution in [1.82, 2.24) is 15.2 Å². The lowest BCUT2D eigenvalue weighted by Crippen LogP contribution is -1.93. The molecular weight excluding hydrogens is 216 g/mol. The number of nitrogen functional groups attached to an aromatic ring is 1. The lowest BCUT2D eigenvalue weighted by molar-refractivity contribution is 0.417. The highest BCUT2D eigenvalue weighted by Crippen LogP contribution is 2.26. The summed E-state index contributed by atoms with van der Waals surface area (Å²) < 4.78 is 5.11. The summed E-state index contributed by atoms with van der Waals surface area (Å²) in [7, 11) is 1.59. The monoisotopic (exact) mass is 232 g/mol. The first-order valence-corrected chi connectivity index (χ1v) is 5.48. The molecule has 0 radical (unpaired) electrons. The molecule has 2 rings (SSSR count). The highest BCUT2D eigenvalue weighted by atomic mass is 16.5. The van der Waals surface area contributed by atoms with E-state index >= 15 is 0 Å². The predicted molar refractivity (Wildman–Crippen MR) is 66.9 cm³/mol. The topological polar surface area (TPSA) is 76.8 Å². The number of nitrogens with two attached hydrogens (primary N) is 1. The predicted octanol–water partition coefficient (Wildman–Crippen LogP) is 2.19. The van der Waals surface area contributed by atoms with Crippen molar-refractivity contribution in [3.63, 3.8) is 0 Å². The zero-order chi connectivity index (χ0) is 12.4. The lowest BCUT2D eigenvalue weighted by Gasteiger charge is -2.04. The summed E-state index contributed by atoms with van der Waals surface area (Å²) in [6, 6.07) is 5.52. The van der Waals surface area contributed by atoms with E-state index in [9.17, 15) is 0 Å². The maximum atomic E-state index is 5.85. The Kier molecular flexibility index (Phi) is 2.99. The van der Waals surface area contributed by atoms with Crippen LogP contribution in [0.25, 0.3) is 11.4 Å². The minimum Gasteiger partial charge on any atom is -0.495 e. The van der Waals surface area contributed by atoms with Crippen LogP contribution in [0, 0.1) is 0 Å². The van der Waals surface area contributed by atoms with E-state index in [1.54, 1.807) is 7.11 Å². The molecule has 0 saturated heterocycles. The van der Waals surface area contributed by atoms with Gasteiger partial charge in [0.2, 0.25) is 0 Å². The number of hydrogen-bond acceptors (Lipinski definition) is 4. The Balaban J connectivity index is 2.36.